The fourth-order valence-corrected chi connectivity index (χ4v) is 2.09. The van der Waals surface area contributed by atoms with Gasteiger partial charge in [-0.15, -0.1) is 0 Å². The third kappa shape index (κ3) is 1.16. The number of nitrogens with zero attached hydrogens (tertiary/aromatic N) is 1. The first-order chi connectivity index (χ1) is 6.02. The Hall–Kier alpha value is -0.910. The average molecular weight is 192 g/mol. The summed E-state index contributed by atoms with van der Waals surface area (Å²) in [5, 5.41) is 11.4. The number of carboxylic acid groups (broad SMARTS) is 1. The van der Waals surface area contributed by atoms with Crippen molar-refractivity contribution in [2.24, 2.45) is 5.92 Å². The SMILES string of the molecule is O=C(O)N1CC(F)(F)C2CNCC21. The van der Waals surface area contributed by atoms with Gasteiger partial charge in [-0.25, -0.2) is 13.6 Å². The Labute approximate surface area is 73.5 Å². The van der Waals surface area contributed by atoms with Gasteiger partial charge in [0.1, 0.15) is 0 Å². The lowest BCUT2D eigenvalue weighted by molar-refractivity contribution is -0.0235. The third-order valence-electron chi connectivity index (χ3n) is 2.75. The number of carbonyl (C=O) groups is 1. The van der Waals surface area contributed by atoms with Crippen LogP contribution in [0.3, 0.4) is 0 Å². The fraction of sp³-hybridized carbons (Fsp3) is 0.857. The second-order valence-electron chi connectivity index (χ2n) is 3.50. The van der Waals surface area contributed by atoms with Gasteiger partial charge in [-0.1, -0.05) is 0 Å². The highest BCUT2D eigenvalue weighted by Crippen LogP contribution is 2.39. The first-order valence-electron chi connectivity index (χ1n) is 4.10. The van der Waals surface area contributed by atoms with E-state index < -0.39 is 30.5 Å². The van der Waals surface area contributed by atoms with Crippen LogP contribution >= 0.6 is 0 Å². The number of nitrogens with one attached hydrogen (secondary N) is 1. The Kier molecular flexibility index (Phi) is 1.69. The smallest absolute Gasteiger partial charge is 0.407 e. The highest BCUT2D eigenvalue weighted by atomic mass is 19.3. The third-order valence-corrected chi connectivity index (χ3v) is 2.75. The summed E-state index contributed by atoms with van der Waals surface area (Å²) < 4.78 is 26.3. The predicted octanol–water partition coefficient (Wildman–Crippen LogP) is 0.203. The zero-order chi connectivity index (χ0) is 9.64. The van der Waals surface area contributed by atoms with Crippen LogP contribution in [0.1, 0.15) is 0 Å². The van der Waals surface area contributed by atoms with Crippen molar-refractivity contribution in [2.75, 3.05) is 19.6 Å². The molecular formula is C7H10F2N2O2. The molecule has 0 radical (unpaired) electrons. The molecule has 0 aromatic rings. The molecule has 0 aromatic heterocycles. The van der Waals surface area contributed by atoms with Gasteiger partial charge in [0.05, 0.1) is 18.5 Å². The first-order valence-corrected chi connectivity index (χ1v) is 4.10. The maximum atomic E-state index is 13.2. The number of amides is 1. The van der Waals surface area contributed by atoms with E-state index in [0.29, 0.717) is 6.54 Å². The summed E-state index contributed by atoms with van der Waals surface area (Å²) in [4.78, 5) is 11.4. The molecule has 74 valence electrons. The van der Waals surface area contributed by atoms with E-state index in [1.165, 1.54) is 0 Å². The highest BCUT2D eigenvalue weighted by molar-refractivity contribution is 5.66. The standard InChI is InChI=1S/C7H10F2N2O2/c8-7(9)3-11(6(12)13)5-2-10-1-4(5)7/h4-5,10H,1-3H2,(H,12,13). The van der Waals surface area contributed by atoms with E-state index >= 15 is 0 Å². The highest BCUT2D eigenvalue weighted by Gasteiger charge is 2.57. The van der Waals surface area contributed by atoms with Gasteiger partial charge in [0.2, 0.25) is 0 Å². The Balaban J connectivity index is 2.23. The van der Waals surface area contributed by atoms with E-state index in [9.17, 15) is 13.6 Å². The number of hydrogen-bond acceptors (Lipinski definition) is 2. The molecule has 0 saturated carbocycles. The molecule has 2 rings (SSSR count). The number of halogens is 2. The largest absolute Gasteiger partial charge is 0.465 e. The van der Waals surface area contributed by atoms with Crippen LogP contribution in [0.15, 0.2) is 0 Å². The van der Waals surface area contributed by atoms with Crippen LogP contribution in [-0.2, 0) is 0 Å². The molecule has 4 nitrogen and oxygen atoms in total. The minimum Gasteiger partial charge on any atom is -0.465 e. The molecule has 2 unspecified atom stereocenters. The molecule has 2 saturated heterocycles. The second-order valence-corrected chi connectivity index (χ2v) is 3.50. The summed E-state index contributed by atoms with van der Waals surface area (Å²) in [5.74, 6) is -3.71. The van der Waals surface area contributed by atoms with Crippen molar-refractivity contribution >= 4 is 6.09 Å². The van der Waals surface area contributed by atoms with Crippen LogP contribution < -0.4 is 5.32 Å². The molecule has 0 spiro atoms. The minimum absolute atomic E-state index is 0.210. The topological polar surface area (TPSA) is 52.6 Å². The maximum absolute atomic E-state index is 13.2. The van der Waals surface area contributed by atoms with Crippen LogP contribution in [0.2, 0.25) is 0 Å². The normalized spacial score (nSPS) is 36.3. The Bertz CT molecular complexity index is 247. The lowest BCUT2D eigenvalue weighted by atomic mass is 10.0. The summed E-state index contributed by atoms with van der Waals surface area (Å²) >= 11 is 0. The summed E-state index contributed by atoms with van der Waals surface area (Å²) in [6.45, 7) is -0.104. The number of hydrogen-bond donors (Lipinski definition) is 2. The summed E-state index contributed by atoms with van der Waals surface area (Å²) in [5.41, 5.74) is 0. The average Bonchev–Trinajstić information content (AvgIpc) is 2.53. The Morgan fingerprint density at radius 1 is 1.54 bits per heavy atom. The predicted molar refractivity (Wildman–Crippen MR) is 39.8 cm³/mol. The second kappa shape index (κ2) is 2.54. The van der Waals surface area contributed by atoms with Crippen molar-refractivity contribution in [3.8, 4) is 0 Å². The van der Waals surface area contributed by atoms with Gasteiger partial charge in [0.15, 0.2) is 0 Å². The van der Waals surface area contributed by atoms with Crippen molar-refractivity contribution in [1.29, 1.82) is 0 Å². The Morgan fingerprint density at radius 3 is 2.85 bits per heavy atom. The summed E-state index contributed by atoms with van der Waals surface area (Å²) in [6.07, 6.45) is -1.25. The molecule has 2 aliphatic heterocycles. The molecule has 6 heteroatoms. The number of alkyl halides is 2. The lowest BCUT2D eigenvalue weighted by Crippen LogP contribution is -2.38. The van der Waals surface area contributed by atoms with E-state index in [1.807, 2.05) is 0 Å². The van der Waals surface area contributed by atoms with Gasteiger partial charge in [-0.2, -0.15) is 0 Å². The zero-order valence-electron chi connectivity index (χ0n) is 6.83. The molecule has 2 heterocycles. The van der Waals surface area contributed by atoms with Crippen LogP contribution in [-0.4, -0.2) is 47.7 Å². The van der Waals surface area contributed by atoms with Crippen LogP contribution in [0.25, 0.3) is 0 Å². The molecule has 2 aliphatic rings. The molecule has 2 fully saturated rings. The molecular weight excluding hydrogens is 182 g/mol. The van der Waals surface area contributed by atoms with Gasteiger partial charge < -0.3 is 10.4 Å². The monoisotopic (exact) mass is 192 g/mol. The molecule has 2 N–H and O–H groups in total. The van der Waals surface area contributed by atoms with Crippen molar-refractivity contribution in [3.05, 3.63) is 0 Å². The molecule has 13 heavy (non-hydrogen) atoms. The van der Waals surface area contributed by atoms with Crippen LogP contribution in [0, 0.1) is 5.92 Å². The first kappa shape index (κ1) is 8.68. The lowest BCUT2D eigenvalue weighted by Gasteiger charge is -2.17. The van der Waals surface area contributed by atoms with E-state index in [4.69, 9.17) is 5.11 Å². The molecule has 2 atom stereocenters. The van der Waals surface area contributed by atoms with Crippen LogP contribution in [0.5, 0.6) is 0 Å². The quantitative estimate of drug-likeness (QED) is 0.576. The van der Waals surface area contributed by atoms with Crippen molar-refractivity contribution in [1.82, 2.24) is 10.2 Å². The van der Waals surface area contributed by atoms with Gasteiger partial charge in [0, 0.05) is 13.1 Å². The van der Waals surface area contributed by atoms with E-state index in [-0.39, 0.29) is 6.54 Å². The van der Waals surface area contributed by atoms with Crippen molar-refractivity contribution in [3.63, 3.8) is 0 Å². The molecule has 1 amide bonds. The molecule has 0 bridgehead atoms. The van der Waals surface area contributed by atoms with Gasteiger partial charge >= 0.3 is 6.09 Å². The van der Waals surface area contributed by atoms with E-state index in [0.717, 1.165) is 4.90 Å². The van der Waals surface area contributed by atoms with E-state index in [2.05, 4.69) is 5.32 Å². The summed E-state index contributed by atoms with van der Waals surface area (Å²) in [6, 6.07) is -0.549. The number of rotatable bonds is 0. The number of likely N-dealkylation sites (tertiary alicyclic amines) is 1. The van der Waals surface area contributed by atoms with Gasteiger partial charge in [-0.05, 0) is 0 Å². The summed E-state index contributed by atoms with van der Waals surface area (Å²) in [7, 11) is 0. The molecule has 0 aliphatic carbocycles. The van der Waals surface area contributed by atoms with Crippen LogP contribution in [0.4, 0.5) is 13.6 Å². The van der Waals surface area contributed by atoms with Gasteiger partial charge in [-0.3, -0.25) is 4.90 Å². The maximum Gasteiger partial charge on any atom is 0.407 e. The molecule has 0 aromatic carbocycles. The van der Waals surface area contributed by atoms with E-state index in [1.54, 1.807) is 0 Å². The van der Waals surface area contributed by atoms with Crippen molar-refractivity contribution < 1.29 is 18.7 Å². The van der Waals surface area contributed by atoms with Crippen molar-refractivity contribution in [2.45, 2.75) is 12.0 Å². The minimum atomic E-state index is -2.87. The fourth-order valence-electron chi connectivity index (χ4n) is 2.09. The Morgan fingerprint density at radius 2 is 2.23 bits per heavy atom. The zero-order valence-corrected chi connectivity index (χ0v) is 6.83. The number of fused-ring (bicyclic) bond motifs is 1. The van der Waals surface area contributed by atoms with Gasteiger partial charge in [0.25, 0.3) is 5.92 Å².